The maximum absolute atomic E-state index is 14.9. The molecule has 0 aliphatic rings. The molecule has 198 valence electrons. The number of carbonyl (C=O) groups is 2. The van der Waals surface area contributed by atoms with Crippen molar-refractivity contribution in [3.63, 3.8) is 0 Å². The van der Waals surface area contributed by atoms with Crippen LogP contribution in [-0.2, 0) is 16.5 Å². The number of rotatable bonds is 8. The van der Waals surface area contributed by atoms with Gasteiger partial charge < -0.3 is 10.6 Å². The monoisotopic (exact) mass is 712 g/mol. The molecule has 14 heteroatoms. The Balaban J connectivity index is 2.77. The number of hydrogen-bond acceptors (Lipinski definition) is 3. The van der Waals surface area contributed by atoms with Crippen molar-refractivity contribution in [1.82, 2.24) is 0 Å². The Labute approximate surface area is 227 Å². The van der Waals surface area contributed by atoms with Crippen LogP contribution in [0.1, 0.15) is 38.8 Å². The summed E-state index contributed by atoms with van der Waals surface area (Å²) >= 11 is 3.31. The van der Waals surface area contributed by atoms with E-state index in [4.69, 9.17) is 5.73 Å². The van der Waals surface area contributed by atoms with Crippen molar-refractivity contribution in [2.24, 2.45) is 5.73 Å². The number of aryl methyl sites for hydroxylation is 1. The van der Waals surface area contributed by atoms with Crippen LogP contribution in [0.25, 0.3) is 0 Å². The summed E-state index contributed by atoms with van der Waals surface area (Å²) in [5.41, 5.74) is -1.48. The number of nitrogens with zero attached hydrogens (tertiary/aromatic N) is 1. The first kappa shape index (κ1) is 30.5. The fourth-order valence-electron chi connectivity index (χ4n) is 3.66. The van der Waals surface area contributed by atoms with Gasteiger partial charge in [-0.3, -0.25) is 13.8 Å². The van der Waals surface area contributed by atoms with E-state index in [1.54, 1.807) is 22.6 Å². The molecule has 36 heavy (non-hydrogen) atoms. The lowest BCUT2D eigenvalue weighted by Crippen LogP contribution is -2.49. The zero-order valence-electron chi connectivity index (χ0n) is 18.9. The SMILES string of the molecule is Cc1cc(C(F)(C(F)(F)F)C(F)(F)Br)ccc1N(C(=O)c1c(I)cccc1C(N)=O)[C@@H](C)CS(C)=O. The van der Waals surface area contributed by atoms with Gasteiger partial charge in [-0.25, -0.2) is 4.39 Å². The van der Waals surface area contributed by atoms with Crippen molar-refractivity contribution >= 4 is 66.8 Å². The lowest BCUT2D eigenvalue weighted by molar-refractivity contribution is -0.282. The number of halogens is 8. The zero-order chi connectivity index (χ0) is 27.8. The molecular weight excluding hydrogens is 693 g/mol. The maximum atomic E-state index is 14.9. The molecule has 0 fully saturated rings. The minimum atomic E-state index is -5.98. The van der Waals surface area contributed by atoms with Crippen molar-refractivity contribution < 1.29 is 40.1 Å². The van der Waals surface area contributed by atoms with E-state index in [9.17, 15) is 40.1 Å². The van der Waals surface area contributed by atoms with E-state index in [1.807, 2.05) is 0 Å². The molecule has 0 saturated heterocycles. The summed E-state index contributed by atoms with van der Waals surface area (Å²) in [5, 5.41) is 0. The Morgan fingerprint density at radius 1 is 1.14 bits per heavy atom. The van der Waals surface area contributed by atoms with E-state index < -0.39 is 50.9 Å². The summed E-state index contributed by atoms with van der Waals surface area (Å²) in [5.74, 6) is -1.78. The van der Waals surface area contributed by atoms with Crippen molar-refractivity contribution in [3.05, 3.63) is 62.2 Å². The van der Waals surface area contributed by atoms with E-state index in [2.05, 4.69) is 0 Å². The molecule has 2 rings (SSSR count). The van der Waals surface area contributed by atoms with E-state index in [1.165, 1.54) is 54.2 Å². The van der Waals surface area contributed by atoms with E-state index in [-0.39, 0.29) is 28.1 Å². The van der Waals surface area contributed by atoms with Crippen molar-refractivity contribution in [2.75, 3.05) is 16.9 Å². The summed E-state index contributed by atoms with van der Waals surface area (Å²) in [6.45, 7) is 2.72. The third-order valence-corrected chi connectivity index (χ3v) is 7.66. The molecule has 3 atom stereocenters. The largest absolute Gasteiger partial charge is 0.433 e. The Hall–Kier alpha value is -1.68. The quantitative estimate of drug-likeness (QED) is 0.213. The molecule has 0 bridgehead atoms. The van der Waals surface area contributed by atoms with Gasteiger partial charge in [0.15, 0.2) is 0 Å². The van der Waals surface area contributed by atoms with Crippen LogP contribution in [0, 0.1) is 10.5 Å². The molecule has 0 spiro atoms. The van der Waals surface area contributed by atoms with Gasteiger partial charge in [0.05, 0.1) is 11.1 Å². The van der Waals surface area contributed by atoms with Gasteiger partial charge in [-0.2, -0.15) is 22.0 Å². The number of carbonyl (C=O) groups excluding carboxylic acids is 2. The van der Waals surface area contributed by atoms with Crippen LogP contribution in [0.5, 0.6) is 0 Å². The van der Waals surface area contributed by atoms with E-state index in [0.717, 1.165) is 11.0 Å². The van der Waals surface area contributed by atoms with Crippen molar-refractivity contribution in [2.45, 2.75) is 36.6 Å². The Morgan fingerprint density at radius 3 is 2.17 bits per heavy atom. The average molecular weight is 713 g/mol. The summed E-state index contributed by atoms with van der Waals surface area (Å²) in [7, 11) is -1.43. The van der Waals surface area contributed by atoms with Gasteiger partial charge in [-0.05, 0) is 76.1 Å². The number of primary amides is 1. The Bertz CT molecular complexity index is 1190. The Morgan fingerprint density at radius 2 is 1.72 bits per heavy atom. The fourth-order valence-corrected chi connectivity index (χ4v) is 5.67. The third-order valence-electron chi connectivity index (χ3n) is 5.26. The first-order chi connectivity index (χ1) is 16.3. The van der Waals surface area contributed by atoms with Gasteiger partial charge in [0.2, 0.25) is 5.91 Å². The van der Waals surface area contributed by atoms with Crippen LogP contribution >= 0.6 is 38.5 Å². The van der Waals surface area contributed by atoms with Crippen molar-refractivity contribution in [1.29, 1.82) is 0 Å². The minimum absolute atomic E-state index is 0.0563. The molecule has 0 radical (unpaired) electrons. The summed E-state index contributed by atoms with van der Waals surface area (Å²) in [6, 6.07) is 5.47. The number of hydrogen-bond donors (Lipinski definition) is 1. The standard InChI is InChI=1S/C22H20BrF6IN2O3S/c1-11-9-13(20(24,21(23,25)26)22(27,28)29)7-8-16(11)32(12(2)10-36(3)35)19(34)17-14(18(31)33)5-4-6-15(17)30/h4-9,12H,10H2,1-3H3,(H2,31,33)/t12-,20?,36?/m0/s1. The zero-order valence-corrected chi connectivity index (χ0v) is 23.5. The van der Waals surface area contributed by atoms with Crippen LogP contribution in [-0.4, -0.2) is 45.1 Å². The highest BCUT2D eigenvalue weighted by atomic mass is 127. The second-order valence-electron chi connectivity index (χ2n) is 7.95. The maximum Gasteiger partial charge on any atom is 0.433 e. The van der Waals surface area contributed by atoms with Gasteiger partial charge in [0.25, 0.3) is 5.91 Å². The highest BCUT2D eigenvalue weighted by Gasteiger charge is 2.71. The van der Waals surface area contributed by atoms with Gasteiger partial charge in [0, 0.05) is 43.7 Å². The molecule has 0 heterocycles. The fraction of sp³-hybridized carbons (Fsp3) is 0.364. The number of nitrogens with two attached hydrogens (primary N) is 1. The molecule has 2 unspecified atom stereocenters. The Kier molecular flexibility index (Phi) is 9.31. The van der Waals surface area contributed by atoms with E-state index in [0.29, 0.717) is 15.7 Å². The van der Waals surface area contributed by atoms with Crippen molar-refractivity contribution in [3.8, 4) is 0 Å². The molecule has 2 amide bonds. The number of anilines is 1. The topological polar surface area (TPSA) is 80.5 Å². The smallest absolute Gasteiger partial charge is 0.366 e. The summed E-state index contributed by atoms with van der Waals surface area (Å²) in [6.07, 6.45) is -4.61. The lowest BCUT2D eigenvalue weighted by Gasteiger charge is -2.34. The normalized spacial score (nSPS) is 15.6. The van der Waals surface area contributed by atoms with Crippen LogP contribution in [0.4, 0.5) is 32.0 Å². The van der Waals surface area contributed by atoms with Crippen LogP contribution < -0.4 is 10.6 Å². The lowest BCUT2D eigenvalue weighted by atomic mass is 9.92. The van der Waals surface area contributed by atoms with Gasteiger partial charge >= 0.3 is 16.7 Å². The molecule has 2 aromatic rings. The van der Waals surface area contributed by atoms with Crippen LogP contribution in [0.3, 0.4) is 0 Å². The van der Waals surface area contributed by atoms with E-state index >= 15 is 0 Å². The van der Waals surface area contributed by atoms with Gasteiger partial charge in [0.1, 0.15) is 0 Å². The van der Waals surface area contributed by atoms with Crippen LogP contribution in [0.15, 0.2) is 36.4 Å². The van der Waals surface area contributed by atoms with Gasteiger partial charge in [-0.1, -0.05) is 18.2 Å². The number of alkyl halides is 7. The highest BCUT2D eigenvalue weighted by molar-refractivity contribution is 14.1. The molecule has 0 saturated carbocycles. The molecule has 5 nitrogen and oxygen atoms in total. The minimum Gasteiger partial charge on any atom is -0.366 e. The second-order valence-corrected chi connectivity index (χ2v) is 11.6. The molecular formula is C22H20BrF6IN2O3S. The summed E-state index contributed by atoms with van der Waals surface area (Å²) in [4.78, 5) is 21.7. The predicted octanol–water partition coefficient (Wildman–Crippen LogP) is 5.83. The number of benzene rings is 2. The predicted molar refractivity (Wildman–Crippen MR) is 137 cm³/mol. The molecule has 0 aliphatic heterocycles. The third kappa shape index (κ3) is 5.90. The highest BCUT2D eigenvalue weighted by Crippen LogP contribution is 2.55. The molecule has 0 aromatic heterocycles. The number of amides is 2. The average Bonchev–Trinajstić information content (AvgIpc) is 2.71. The molecule has 2 N–H and O–H groups in total. The van der Waals surface area contributed by atoms with Gasteiger partial charge in [-0.15, -0.1) is 0 Å². The molecule has 2 aromatic carbocycles. The molecule has 0 aliphatic carbocycles. The summed E-state index contributed by atoms with van der Waals surface area (Å²) < 4.78 is 95.1. The first-order valence-corrected chi connectivity index (χ1v) is 13.6. The second kappa shape index (κ2) is 11.0. The van der Waals surface area contributed by atoms with Crippen LogP contribution in [0.2, 0.25) is 0 Å². The first-order valence-electron chi connectivity index (χ1n) is 10.00.